The molecule has 1 N–H and O–H groups in total. The average molecular weight is 357 g/mol. The molecule has 2 aromatic carbocycles. The largest absolute Gasteiger partial charge is 0.495 e. The molecular formula is C18H17ClN4O2. The first-order valence-corrected chi connectivity index (χ1v) is 8.02. The smallest absolute Gasteiger partial charge is 0.278 e. The maximum atomic E-state index is 12.6. The van der Waals surface area contributed by atoms with Crippen LogP contribution in [0.1, 0.15) is 21.7 Å². The number of aromatic nitrogens is 3. The van der Waals surface area contributed by atoms with Gasteiger partial charge in [-0.2, -0.15) is 0 Å². The Balaban J connectivity index is 1.90. The maximum Gasteiger partial charge on any atom is 0.278 e. The Kier molecular flexibility index (Phi) is 4.72. The molecule has 3 rings (SSSR count). The minimum absolute atomic E-state index is 0.239. The first kappa shape index (κ1) is 17.0. The number of rotatable bonds is 4. The lowest BCUT2D eigenvalue weighted by Crippen LogP contribution is -2.14. The summed E-state index contributed by atoms with van der Waals surface area (Å²) in [4.78, 5) is 12.6. The fourth-order valence-corrected chi connectivity index (χ4v) is 2.60. The lowest BCUT2D eigenvalue weighted by molar-refractivity contribution is 0.102. The van der Waals surface area contributed by atoms with Crippen LogP contribution in [0.15, 0.2) is 42.5 Å². The van der Waals surface area contributed by atoms with Crippen molar-refractivity contribution in [1.29, 1.82) is 0 Å². The van der Waals surface area contributed by atoms with E-state index in [4.69, 9.17) is 16.3 Å². The zero-order valence-electron chi connectivity index (χ0n) is 14.1. The van der Waals surface area contributed by atoms with Gasteiger partial charge in [0.25, 0.3) is 5.91 Å². The van der Waals surface area contributed by atoms with E-state index in [1.165, 1.54) is 0 Å². The number of hydrogen-bond donors (Lipinski definition) is 1. The van der Waals surface area contributed by atoms with Gasteiger partial charge in [-0.15, -0.1) is 5.10 Å². The minimum Gasteiger partial charge on any atom is -0.495 e. The molecule has 0 atom stereocenters. The number of benzene rings is 2. The lowest BCUT2D eigenvalue weighted by atomic mass is 10.2. The summed E-state index contributed by atoms with van der Waals surface area (Å²) in [7, 11) is 1.55. The number of ether oxygens (including phenoxy) is 1. The standard InChI is InChI=1S/C18H17ClN4O2/c1-11-8-9-13(10-14(11)19)23-12(2)17(21-22-23)18(24)20-15-6-4-5-7-16(15)25-3/h4-10H,1-3H3,(H,20,24). The molecule has 1 amide bonds. The van der Waals surface area contributed by atoms with Crippen molar-refractivity contribution in [2.75, 3.05) is 12.4 Å². The molecule has 1 aromatic heterocycles. The van der Waals surface area contributed by atoms with Crippen molar-refractivity contribution in [3.05, 3.63) is 64.4 Å². The molecule has 0 aliphatic rings. The quantitative estimate of drug-likeness (QED) is 0.772. The Morgan fingerprint density at radius 3 is 2.68 bits per heavy atom. The second-order valence-electron chi connectivity index (χ2n) is 5.52. The van der Waals surface area contributed by atoms with Crippen molar-refractivity contribution in [3.63, 3.8) is 0 Å². The molecule has 0 radical (unpaired) electrons. The summed E-state index contributed by atoms with van der Waals surface area (Å²) in [6.07, 6.45) is 0. The van der Waals surface area contributed by atoms with Crippen molar-refractivity contribution in [2.24, 2.45) is 0 Å². The fourth-order valence-electron chi connectivity index (χ4n) is 2.43. The Bertz CT molecular complexity index is 937. The summed E-state index contributed by atoms with van der Waals surface area (Å²) in [5.74, 6) is 0.220. The topological polar surface area (TPSA) is 69.0 Å². The first-order valence-electron chi connectivity index (χ1n) is 7.64. The Labute approximate surface area is 150 Å². The van der Waals surface area contributed by atoms with Crippen LogP contribution in [-0.4, -0.2) is 28.0 Å². The summed E-state index contributed by atoms with van der Waals surface area (Å²) < 4.78 is 6.83. The average Bonchev–Trinajstić information content (AvgIpc) is 2.99. The molecule has 0 unspecified atom stereocenters. The number of hydrogen-bond acceptors (Lipinski definition) is 4. The zero-order valence-corrected chi connectivity index (χ0v) is 14.8. The third kappa shape index (κ3) is 3.34. The lowest BCUT2D eigenvalue weighted by Gasteiger charge is -2.09. The van der Waals surface area contributed by atoms with E-state index < -0.39 is 0 Å². The molecule has 0 aliphatic carbocycles. The fraction of sp³-hybridized carbons (Fsp3) is 0.167. The SMILES string of the molecule is COc1ccccc1NC(=O)c1nnn(-c2ccc(C)c(Cl)c2)c1C. The highest BCUT2D eigenvalue weighted by molar-refractivity contribution is 6.31. The van der Waals surface area contributed by atoms with Gasteiger partial charge in [-0.1, -0.05) is 35.0 Å². The second-order valence-corrected chi connectivity index (χ2v) is 5.93. The molecule has 0 spiro atoms. The highest BCUT2D eigenvalue weighted by Gasteiger charge is 2.19. The number of carbonyl (C=O) groups is 1. The molecule has 0 bridgehead atoms. The minimum atomic E-state index is -0.355. The van der Waals surface area contributed by atoms with E-state index in [9.17, 15) is 4.79 Å². The molecular weight excluding hydrogens is 340 g/mol. The van der Waals surface area contributed by atoms with Crippen molar-refractivity contribution in [1.82, 2.24) is 15.0 Å². The molecule has 0 aliphatic heterocycles. The Morgan fingerprint density at radius 1 is 1.20 bits per heavy atom. The van der Waals surface area contributed by atoms with E-state index in [0.717, 1.165) is 11.3 Å². The van der Waals surface area contributed by atoms with Gasteiger partial charge in [-0.25, -0.2) is 4.68 Å². The number of nitrogens with one attached hydrogen (secondary N) is 1. The molecule has 25 heavy (non-hydrogen) atoms. The highest BCUT2D eigenvalue weighted by atomic mass is 35.5. The predicted molar refractivity (Wildman–Crippen MR) is 96.8 cm³/mol. The Morgan fingerprint density at radius 2 is 1.96 bits per heavy atom. The monoisotopic (exact) mass is 356 g/mol. The number of methoxy groups -OCH3 is 1. The third-order valence-electron chi connectivity index (χ3n) is 3.86. The molecule has 0 saturated heterocycles. The van der Waals surface area contributed by atoms with Gasteiger partial charge in [0.1, 0.15) is 5.75 Å². The third-order valence-corrected chi connectivity index (χ3v) is 4.27. The highest BCUT2D eigenvalue weighted by Crippen LogP contribution is 2.24. The predicted octanol–water partition coefficient (Wildman–Crippen LogP) is 3.80. The normalized spacial score (nSPS) is 10.6. The van der Waals surface area contributed by atoms with Crippen LogP contribution >= 0.6 is 11.6 Å². The maximum absolute atomic E-state index is 12.6. The number of amides is 1. The van der Waals surface area contributed by atoms with E-state index in [1.807, 2.05) is 31.2 Å². The molecule has 0 saturated carbocycles. The van der Waals surface area contributed by atoms with Crippen LogP contribution in [0.2, 0.25) is 5.02 Å². The van der Waals surface area contributed by atoms with E-state index in [-0.39, 0.29) is 11.6 Å². The van der Waals surface area contributed by atoms with E-state index in [0.29, 0.717) is 22.2 Å². The van der Waals surface area contributed by atoms with E-state index in [2.05, 4.69) is 15.6 Å². The van der Waals surface area contributed by atoms with Gasteiger partial charge in [-0.3, -0.25) is 4.79 Å². The van der Waals surface area contributed by atoms with Gasteiger partial charge in [0.05, 0.1) is 24.2 Å². The van der Waals surface area contributed by atoms with Gasteiger partial charge in [0.2, 0.25) is 0 Å². The van der Waals surface area contributed by atoms with Crippen molar-refractivity contribution in [2.45, 2.75) is 13.8 Å². The number of halogens is 1. The number of aryl methyl sites for hydroxylation is 1. The summed E-state index contributed by atoms with van der Waals surface area (Å²) >= 11 is 6.17. The van der Waals surface area contributed by atoms with Crippen LogP contribution in [-0.2, 0) is 0 Å². The van der Waals surface area contributed by atoms with Crippen molar-refractivity contribution < 1.29 is 9.53 Å². The molecule has 1 heterocycles. The van der Waals surface area contributed by atoms with Crippen LogP contribution in [0.4, 0.5) is 5.69 Å². The molecule has 7 heteroatoms. The molecule has 128 valence electrons. The van der Waals surface area contributed by atoms with Gasteiger partial charge in [0.15, 0.2) is 5.69 Å². The zero-order chi connectivity index (χ0) is 18.0. The second kappa shape index (κ2) is 6.94. The van der Waals surface area contributed by atoms with Crippen LogP contribution in [0, 0.1) is 13.8 Å². The van der Waals surface area contributed by atoms with E-state index in [1.54, 1.807) is 36.9 Å². The van der Waals surface area contributed by atoms with Crippen LogP contribution in [0.3, 0.4) is 0 Å². The van der Waals surface area contributed by atoms with Gasteiger partial charge in [0, 0.05) is 5.02 Å². The molecule has 6 nitrogen and oxygen atoms in total. The van der Waals surface area contributed by atoms with Crippen LogP contribution < -0.4 is 10.1 Å². The summed E-state index contributed by atoms with van der Waals surface area (Å²) in [5, 5.41) is 11.5. The van der Waals surface area contributed by atoms with E-state index >= 15 is 0 Å². The number of carbonyl (C=O) groups excluding carboxylic acids is 1. The molecule has 0 fully saturated rings. The number of anilines is 1. The summed E-state index contributed by atoms with van der Waals surface area (Å²) in [5.41, 5.74) is 3.14. The van der Waals surface area contributed by atoms with Crippen molar-refractivity contribution in [3.8, 4) is 11.4 Å². The molecule has 3 aromatic rings. The van der Waals surface area contributed by atoms with Crippen molar-refractivity contribution >= 4 is 23.2 Å². The first-order chi connectivity index (χ1) is 12.0. The van der Waals surface area contributed by atoms with Gasteiger partial charge in [-0.05, 0) is 43.7 Å². The summed E-state index contributed by atoms with van der Waals surface area (Å²) in [6, 6.07) is 12.7. The number of para-hydroxylation sites is 2. The Hall–Kier alpha value is -2.86. The van der Waals surface area contributed by atoms with Gasteiger partial charge < -0.3 is 10.1 Å². The van der Waals surface area contributed by atoms with Crippen LogP contribution in [0.5, 0.6) is 5.75 Å². The van der Waals surface area contributed by atoms with Gasteiger partial charge >= 0.3 is 0 Å². The number of nitrogens with zero attached hydrogens (tertiary/aromatic N) is 3. The summed E-state index contributed by atoms with van der Waals surface area (Å²) in [6.45, 7) is 3.71. The van der Waals surface area contributed by atoms with Crippen LogP contribution in [0.25, 0.3) is 5.69 Å².